The van der Waals surface area contributed by atoms with Crippen molar-refractivity contribution in [1.29, 1.82) is 0 Å². The molecule has 0 spiro atoms. The maximum absolute atomic E-state index is 7.37. The molecule has 15 heavy (non-hydrogen) atoms. The second-order valence-corrected chi connectivity index (χ2v) is 3.67. The number of fused-ring (bicyclic) bond motifs is 1. The van der Waals surface area contributed by atoms with E-state index in [-0.39, 0.29) is 0 Å². The Morgan fingerprint density at radius 1 is 1.47 bits per heavy atom. The number of nitrogens with one attached hydrogen (secondary N) is 1. The van der Waals surface area contributed by atoms with E-state index in [0.29, 0.717) is 17.5 Å². The van der Waals surface area contributed by atoms with Gasteiger partial charge in [0.1, 0.15) is 2.74 Å². The molecule has 0 aliphatic carbocycles. The van der Waals surface area contributed by atoms with Gasteiger partial charge in [-0.15, -0.1) is 0 Å². The Morgan fingerprint density at radius 2 is 2.27 bits per heavy atom. The van der Waals surface area contributed by atoms with Crippen LogP contribution in [-0.2, 0) is 6.42 Å². The Hall–Kier alpha value is -1.22. The Labute approximate surface area is 93.2 Å². The molecule has 1 atom stereocenters. The van der Waals surface area contributed by atoms with E-state index in [1.807, 2.05) is 19.2 Å². The van der Waals surface area contributed by atoms with Gasteiger partial charge in [0.15, 0.2) is 11.5 Å². The minimum Gasteiger partial charge on any atom is -0.454 e. The minimum absolute atomic E-state index is 0.423. The fourth-order valence-corrected chi connectivity index (χ4v) is 1.69. The van der Waals surface area contributed by atoms with Crippen molar-refractivity contribution < 1.29 is 12.2 Å². The summed E-state index contributed by atoms with van der Waals surface area (Å²) in [5, 5.41) is 3.24. The molecule has 1 unspecified atom stereocenters. The predicted molar refractivity (Wildman–Crippen MR) is 59.4 cm³/mol. The number of rotatable bonds is 4. The molecule has 1 aliphatic rings. The summed E-state index contributed by atoms with van der Waals surface area (Å²) >= 11 is 0. The smallest absolute Gasteiger partial charge is 0.231 e. The molecule has 3 heteroatoms. The quantitative estimate of drug-likeness (QED) is 0.822. The van der Waals surface area contributed by atoms with E-state index in [1.165, 1.54) is 0 Å². The minimum atomic E-state index is -2.03. The lowest BCUT2D eigenvalue weighted by molar-refractivity contribution is 0.174. The fraction of sp³-hybridized carbons (Fsp3) is 0.500. The zero-order valence-electron chi connectivity index (χ0n) is 11.0. The van der Waals surface area contributed by atoms with Crippen LogP contribution in [0.2, 0.25) is 0 Å². The molecule has 0 amide bonds. The monoisotopic (exact) mass is 209 g/mol. The third kappa shape index (κ3) is 2.23. The fourth-order valence-electron chi connectivity index (χ4n) is 1.69. The van der Waals surface area contributed by atoms with Crippen LogP contribution in [-0.4, -0.2) is 19.8 Å². The van der Waals surface area contributed by atoms with Crippen LogP contribution in [0.15, 0.2) is 18.2 Å². The lowest BCUT2D eigenvalue weighted by atomic mass is 10.0. The molecule has 2 rings (SSSR count). The second kappa shape index (κ2) is 4.53. The van der Waals surface area contributed by atoms with Crippen LogP contribution in [0.25, 0.3) is 0 Å². The van der Waals surface area contributed by atoms with Gasteiger partial charge in [0.2, 0.25) is 6.75 Å². The first kappa shape index (κ1) is 7.99. The van der Waals surface area contributed by atoms with Crippen molar-refractivity contribution in [3.63, 3.8) is 0 Å². The van der Waals surface area contributed by atoms with E-state index in [0.717, 1.165) is 18.4 Å². The first-order chi connectivity index (χ1) is 8.04. The van der Waals surface area contributed by atoms with E-state index in [4.69, 9.17) is 12.2 Å². The van der Waals surface area contributed by atoms with E-state index in [2.05, 4.69) is 12.2 Å². The lowest BCUT2D eigenvalue weighted by Gasteiger charge is -2.13. The van der Waals surface area contributed by atoms with Crippen LogP contribution >= 0.6 is 0 Å². The van der Waals surface area contributed by atoms with Gasteiger partial charge in [-0.3, -0.25) is 0 Å². The molecule has 0 aromatic heterocycles. The van der Waals surface area contributed by atoms with Crippen LogP contribution in [0.5, 0.6) is 11.5 Å². The zero-order valence-corrected chi connectivity index (χ0v) is 9.04. The Bertz CT molecular complexity index is 405. The van der Waals surface area contributed by atoms with Crippen LogP contribution in [0.1, 0.15) is 21.6 Å². The molecule has 0 fully saturated rings. The van der Waals surface area contributed by atoms with Crippen molar-refractivity contribution >= 4 is 0 Å². The van der Waals surface area contributed by atoms with Crippen LogP contribution < -0.4 is 14.8 Å². The number of hydrogen-bond acceptors (Lipinski definition) is 3. The van der Waals surface area contributed by atoms with E-state index in [1.54, 1.807) is 6.07 Å². The number of hydrogen-bond donors (Lipinski definition) is 1. The molecule has 0 radical (unpaired) electrons. The average molecular weight is 209 g/mol. The van der Waals surface area contributed by atoms with Gasteiger partial charge in [0.05, 0.1) is 0 Å². The van der Waals surface area contributed by atoms with Crippen molar-refractivity contribution in [2.45, 2.75) is 25.8 Å². The van der Waals surface area contributed by atoms with Gasteiger partial charge in [-0.25, -0.2) is 0 Å². The molecule has 1 aromatic rings. The highest BCUT2D eigenvalue weighted by atomic mass is 16.7. The van der Waals surface area contributed by atoms with Crippen LogP contribution in [0.3, 0.4) is 0 Å². The van der Waals surface area contributed by atoms with E-state index in [9.17, 15) is 0 Å². The highest BCUT2D eigenvalue weighted by Crippen LogP contribution is 2.32. The second-order valence-electron chi connectivity index (χ2n) is 3.67. The van der Waals surface area contributed by atoms with Gasteiger partial charge < -0.3 is 14.8 Å². The standard InChI is InChI=1S/C12H17NO2/c1-3-10(13-2)6-9-4-5-11-12(7-9)15-8-14-11/h4-5,7,10,13H,3,6,8H2,1-2H3/i8D2. The summed E-state index contributed by atoms with van der Waals surface area (Å²) in [6, 6.07) is 5.98. The third-order valence-corrected chi connectivity index (χ3v) is 2.69. The average Bonchev–Trinajstić information content (AvgIpc) is 2.58. The molecule has 82 valence electrons. The van der Waals surface area contributed by atoms with Gasteiger partial charge >= 0.3 is 0 Å². The van der Waals surface area contributed by atoms with Crippen molar-refractivity contribution in [3.05, 3.63) is 23.8 Å². The molecule has 1 heterocycles. The van der Waals surface area contributed by atoms with Crippen molar-refractivity contribution in [2.75, 3.05) is 13.8 Å². The normalized spacial score (nSPS) is 20.7. The summed E-state index contributed by atoms with van der Waals surface area (Å²) in [7, 11) is 1.94. The first-order valence-electron chi connectivity index (χ1n) is 6.22. The van der Waals surface area contributed by atoms with Crippen molar-refractivity contribution in [3.8, 4) is 11.5 Å². The maximum atomic E-state index is 7.37. The molecule has 3 nitrogen and oxygen atoms in total. The topological polar surface area (TPSA) is 30.5 Å². The lowest BCUT2D eigenvalue weighted by Crippen LogP contribution is -2.26. The molecule has 1 aliphatic heterocycles. The summed E-state index contributed by atoms with van der Waals surface area (Å²) < 4.78 is 24.8. The Morgan fingerprint density at radius 3 is 3.00 bits per heavy atom. The first-order valence-corrected chi connectivity index (χ1v) is 5.22. The molecule has 1 aromatic carbocycles. The summed E-state index contributed by atoms with van der Waals surface area (Å²) in [5.74, 6) is 0.953. The molecule has 0 saturated carbocycles. The highest BCUT2D eigenvalue weighted by Gasteiger charge is 2.14. The Balaban J connectivity index is 2.13. The number of benzene rings is 1. The largest absolute Gasteiger partial charge is 0.454 e. The number of ether oxygens (including phenoxy) is 2. The van der Waals surface area contributed by atoms with Crippen LogP contribution in [0.4, 0.5) is 0 Å². The number of likely N-dealkylation sites (N-methyl/N-ethyl adjacent to an activating group) is 1. The summed E-state index contributed by atoms with van der Waals surface area (Å²) in [6.45, 7) is 0.0981. The molecule has 1 N–H and O–H groups in total. The predicted octanol–water partition coefficient (Wildman–Crippen LogP) is 1.96. The van der Waals surface area contributed by atoms with Gasteiger partial charge in [-0.1, -0.05) is 13.0 Å². The van der Waals surface area contributed by atoms with Crippen molar-refractivity contribution in [1.82, 2.24) is 5.32 Å². The van der Waals surface area contributed by atoms with Crippen LogP contribution in [0, 0.1) is 0 Å². The van der Waals surface area contributed by atoms with Gasteiger partial charge in [0, 0.05) is 6.04 Å². The molecule has 0 saturated heterocycles. The van der Waals surface area contributed by atoms with Gasteiger partial charge in [-0.05, 0) is 37.6 Å². The molecular formula is C12H17NO2. The Kier molecular flexibility index (Phi) is 2.42. The summed E-state index contributed by atoms with van der Waals surface area (Å²) in [6.07, 6.45) is 1.94. The maximum Gasteiger partial charge on any atom is 0.231 e. The summed E-state index contributed by atoms with van der Waals surface area (Å²) in [4.78, 5) is 0. The highest BCUT2D eigenvalue weighted by molar-refractivity contribution is 5.44. The third-order valence-electron chi connectivity index (χ3n) is 2.69. The van der Waals surface area contributed by atoms with E-state index >= 15 is 0 Å². The molecular weight excluding hydrogens is 190 g/mol. The van der Waals surface area contributed by atoms with Crippen molar-refractivity contribution in [2.24, 2.45) is 0 Å². The SMILES string of the molecule is [2H]C1([2H])Oc2ccc(CC(CC)NC)cc2O1. The van der Waals surface area contributed by atoms with Gasteiger partial charge in [0.25, 0.3) is 0 Å². The van der Waals surface area contributed by atoms with E-state index < -0.39 is 6.75 Å². The summed E-state index contributed by atoms with van der Waals surface area (Å²) in [5.41, 5.74) is 1.12. The zero-order chi connectivity index (χ0) is 12.5. The molecule has 0 bridgehead atoms. The van der Waals surface area contributed by atoms with Gasteiger partial charge in [-0.2, -0.15) is 0 Å².